The van der Waals surface area contributed by atoms with Crippen LogP contribution in [0.25, 0.3) is 0 Å². The summed E-state index contributed by atoms with van der Waals surface area (Å²) >= 11 is 0. The van der Waals surface area contributed by atoms with Gasteiger partial charge in [-0.25, -0.2) is 13.6 Å². The summed E-state index contributed by atoms with van der Waals surface area (Å²) in [6.45, 7) is 10.00. The molecule has 0 aromatic heterocycles. The Morgan fingerprint density at radius 3 is 2.20 bits per heavy atom. The highest BCUT2D eigenvalue weighted by Gasteiger charge is 2.28. The van der Waals surface area contributed by atoms with Gasteiger partial charge in [-0.05, 0) is 51.0 Å². The van der Waals surface area contributed by atoms with Crippen LogP contribution in [-0.4, -0.2) is 81.4 Å². The molecule has 3 rings (SSSR count). The molecule has 9 nitrogen and oxygen atoms in total. The Labute approximate surface area is 178 Å². The monoisotopic (exact) mass is 437 g/mol. The Bertz CT molecular complexity index is 918. The minimum atomic E-state index is -3.75. The van der Waals surface area contributed by atoms with Gasteiger partial charge in [0.1, 0.15) is 0 Å². The molecule has 0 spiro atoms. The number of anilines is 1. The van der Waals surface area contributed by atoms with E-state index in [1.165, 1.54) is 6.07 Å². The number of benzene rings is 1. The van der Waals surface area contributed by atoms with E-state index in [9.17, 15) is 18.0 Å². The number of carbonyl (C=O) groups is 2. The number of nitrogens with two attached hydrogens (primary N) is 1. The van der Waals surface area contributed by atoms with Gasteiger partial charge in [-0.1, -0.05) is 0 Å². The Morgan fingerprint density at radius 1 is 1.03 bits per heavy atom. The van der Waals surface area contributed by atoms with Gasteiger partial charge in [0.05, 0.1) is 18.0 Å². The maximum absolute atomic E-state index is 12.8. The molecule has 0 radical (unpaired) electrons. The molecule has 10 heteroatoms. The number of rotatable bonds is 5. The molecule has 2 amide bonds. The molecule has 0 saturated carbocycles. The normalized spacial score (nSPS) is 18.3. The van der Waals surface area contributed by atoms with Crippen LogP contribution < -0.4 is 15.4 Å². The summed E-state index contributed by atoms with van der Waals surface area (Å²) in [5, 5.41) is 8.17. The average Bonchev–Trinajstić information content (AvgIpc) is 3.04. The van der Waals surface area contributed by atoms with E-state index in [-0.39, 0.29) is 22.2 Å². The van der Waals surface area contributed by atoms with E-state index in [4.69, 9.17) is 5.14 Å². The van der Waals surface area contributed by atoms with Crippen LogP contribution in [0.15, 0.2) is 23.1 Å². The van der Waals surface area contributed by atoms with Crippen LogP contribution >= 0.6 is 0 Å². The highest BCUT2D eigenvalue weighted by atomic mass is 32.2. The Morgan fingerprint density at radius 2 is 1.63 bits per heavy atom. The van der Waals surface area contributed by atoms with Gasteiger partial charge >= 0.3 is 0 Å². The number of nitrogens with zero attached hydrogens (tertiary/aromatic N) is 3. The third-order valence-corrected chi connectivity index (χ3v) is 6.19. The number of hydrogen-bond acceptors (Lipinski definition) is 6. The van der Waals surface area contributed by atoms with E-state index >= 15 is 0 Å². The van der Waals surface area contributed by atoms with Crippen LogP contribution in [0, 0.1) is 0 Å². The van der Waals surface area contributed by atoms with Gasteiger partial charge < -0.3 is 10.2 Å². The third kappa shape index (κ3) is 5.78. The molecule has 3 N–H and O–H groups in total. The maximum Gasteiger partial charge on any atom is 0.241 e. The number of amides is 2. The second-order valence-corrected chi connectivity index (χ2v) is 10.5. The van der Waals surface area contributed by atoms with E-state index in [0.29, 0.717) is 26.1 Å². The minimum Gasteiger partial charge on any atom is -0.350 e. The number of fused-ring (bicyclic) bond motifs is 1. The summed E-state index contributed by atoms with van der Waals surface area (Å²) in [5.41, 5.74) is 1.33. The zero-order chi connectivity index (χ0) is 22.1. The summed E-state index contributed by atoms with van der Waals surface area (Å²) in [4.78, 5) is 30.9. The van der Waals surface area contributed by atoms with E-state index < -0.39 is 10.0 Å². The molecule has 2 aliphatic heterocycles. The van der Waals surface area contributed by atoms with Gasteiger partial charge in [0.25, 0.3) is 0 Å². The van der Waals surface area contributed by atoms with Gasteiger partial charge in [-0.15, -0.1) is 0 Å². The molecule has 0 bridgehead atoms. The first-order valence-electron chi connectivity index (χ1n) is 10.1. The van der Waals surface area contributed by atoms with Crippen molar-refractivity contribution in [2.45, 2.75) is 37.6 Å². The van der Waals surface area contributed by atoms with Crippen molar-refractivity contribution in [2.75, 3.05) is 50.7 Å². The fourth-order valence-corrected chi connectivity index (χ4v) is 4.42. The standard InChI is InChI=1S/C20H31N5O4S/c1-20(2,3)22-18(26)13-23-8-10-24(11-9-23)14-19(27)25-7-6-15-12-16(30(21,28)29)4-5-17(15)25/h4-5,12H,6-11,13-14H2,1-3H3,(H,22,26)(H2,21,28,29). The first-order valence-corrected chi connectivity index (χ1v) is 11.7. The molecule has 1 saturated heterocycles. The van der Waals surface area contributed by atoms with Crippen LogP contribution in [0.2, 0.25) is 0 Å². The highest BCUT2D eigenvalue weighted by Crippen LogP contribution is 2.30. The Hall–Kier alpha value is -2.01. The number of hydrogen-bond donors (Lipinski definition) is 2. The predicted octanol–water partition coefficient (Wildman–Crippen LogP) is -0.245. The van der Waals surface area contributed by atoms with Gasteiger partial charge in [-0.2, -0.15) is 0 Å². The molecule has 2 heterocycles. The number of carbonyl (C=O) groups excluding carboxylic acids is 2. The molecule has 30 heavy (non-hydrogen) atoms. The quantitative estimate of drug-likeness (QED) is 0.657. The van der Waals surface area contributed by atoms with Gasteiger partial charge in [0, 0.05) is 44.0 Å². The summed E-state index contributed by atoms with van der Waals surface area (Å²) < 4.78 is 23.1. The van der Waals surface area contributed by atoms with Crippen LogP contribution in [0.3, 0.4) is 0 Å². The Kier molecular flexibility index (Phi) is 6.51. The maximum atomic E-state index is 12.8. The van der Waals surface area contributed by atoms with Crippen molar-refractivity contribution in [1.82, 2.24) is 15.1 Å². The highest BCUT2D eigenvalue weighted by molar-refractivity contribution is 7.89. The Balaban J connectivity index is 1.51. The van der Waals surface area contributed by atoms with Crippen molar-refractivity contribution in [3.63, 3.8) is 0 Å². The topological polar surface area (TPSA) is 116 Å². The molecule has 0 atom stereocenters. The minimum absolute atomic E-state index is 0.00367. The van der Waals surface area contributed by atoms with E-state index in [1.54, 1.807) is 17.0 Å². The fourth-order valence-electron chi connectivity index (χ4n) is 3.86. The molecule has 1 aromatic rings. The summed E-state index contributed by atoms with van der Waals surface area (Å²) in [5.74, 6) is 0.00981. The number of primary sulfonamides is 1. The second kappa shape index (κ2) is 8.62. The predicted molar refractivity (Wildman–Crippen MR) is 115 cm³/mol. The van der Waals surface area contributed by atoms with Crippen molar-refractivity contribution in [3.8, 4) is 0 Å². The molecule has 166 valence electrons. The van der Waals surface area contributed by atoms with Crippen molar-refractivity contribution in [1.29, 1.82) is 0 Å². The summed E-state index contributed by atoms with van der Waals surface area (Å²) in [6, 6.07) is 4.66. The molecule has 1 aromatic carbocycles. The lowest BCUT2D eigenvalue weighted by Crippen LogP contribution is -2.53. The first kappa shape index (κ1) is 22.7. The van der Waals surface area contributed by atoms with E-state index in [0.717, 1.165) is 37.4 Å². The second-order valence-electron chi connectivity index (χ2n) is 8.98. The lowest BCUT2D eigenvalue weighted by Gasteiger charge is -2.35. The lowest BCUT2D eigenvalue weighted by molar-refractivity contribution is -0.125. The van der Waals surface area contributed by atoms with E-state index in [1.807, 2.05) is 20.8 Å². The average molecular weight is 438 g/mol. The number of nitrogens with one attached hydrogen (secondary N) is 1. The zero-order valence-corrected chi connectivity index (χ0v) is 18.7. The van der Waals surface area contributed by atoms with E-state index in [2.05, 4.69) is 15.1 Å². The van der Waals surface area contributed by atoms with Crippen molar-refractivity contribution < 1.29 is 18.0 Å². The van der Waals surface area contributed by atoms with Gasteiger partial charge in [-0.3, -0.25) is 19.4 Å². The van der Waals surface area contributed by atoms with Crippen LogP contribution in [0.4, 0.5) is 5.69 Å². The first-order chi connectivity index (χ1) is 13.9. The van der Waals surface area contributed by atoms with Crippen LogP contribution in [-0.2, 0) is 26.0 Å². The van der Waals surface area contributed by atoms with Crippen LogP contribution in [0.5, 0.6) is 0 Å². The number of piperazine rings is 1. The largest absolute Gasteiger partial charge is 0.350 e. The molecular formula is C20H31N5O4S. The molecule has 0 unspecified atom stereocenters. The van der Waals surface area contributed by atoms with Crippen molar-refractivity contribution >= 4 is 27.5 Å². The number of sulfonamides is 1. The van der Waals surface area contributed by atoms with Crippen LogP contribution in [0.1, 0.15) is 26.3 Å². The van der Waals surface area contributed by atoms with Gasteiger partial charge in [0.15, 0.2) is 0 Å². The fraction of sp³-hybridized carbons (Fsp3) is 0.600. The molecule has 1 fully saturated rings. The molecule has 2 aliphatic rings. The lowest BCUT2D eigenvalue weighted by atomic mass is 10.1. The van der Waals surface area contributed by atoms with Crippen molar-refractivity contribution in [2.24, 2.45) is 5.14 Å². The third-order valence-electron chi connectivity index (χ3n) is 5.28. The molecular weight excluding hydrogens is 406 g/mol. The SMILES string of the molecule is CC(C)(C)NC(=O)CN1CCN(CC(=O)N2CCc3cc(S(N)(=O)=O)ccc32)CC1. The van der Waals surface area contributed by atoms with Gasteiger partial charge in [0.2, 0.25) is 21.8 Å². The summed E-state index contributed by atoms with van der Waals surface area (Å²) in [6.07, 6.45) is 0.612. The summed E-state index contributed by atoms with van der Waals surface area (Å²) in [7, 11) is -3.75. The smallest absolute Gasteiger partial charge is 0.241 e. The molecule has 0 aliphatic carbocycles. The van der Waals surface area contributed by atoms with Crippen molar-refractivity contribution in [3.05, 3.63) is 23.8 Å². The zero-order valence-electron chi connectivity index (χ0n) is 17.8.